The Bertz CT molecular complexity index is 830. The topological polar surface area (TPSA) is 29.1 Å². The van der Waals surface area contributed by atoms with Crippen LogP contribution in [0, 0.1) is 0 Å². The van der Waals surface area contributed by atoms with Crippen LogP contribution in [0.4, 0.5) is 5.69 Å². The van der Waals surface area contributed by atoms with Crippen molar-refractivity contribution >= 4 is 43.3 Å². The van der Waals surface area contributed by atoms with Crippen LogP contribution in [0.1, 0.15) is 28.4 Å². The Morgan fingerprint density at radius 2 is 1.36 bits per heavy atom. The molecule has 3 aromatic rings. The minimum atomic E-state index is -0.0847. The first-order chi connectivity index (χ1) is 12.1. The third kappa shape index (κ3) is 5.03. The number of anilines is 1. The second-order valence-corrected chi connectivity index (χ2v) is 7.58. The Kier molecular flexibility index (Phi) is 6.05. The van der Waals surface area contributed by atoms with Gasteiger partial charge in [0.05, 0.1) is 6.04 Å². The molecule has 1 unspecified atom stereocenters. The fourth-order valence-corrected chi connectivity index (χ4v) is 3.15. The predicted octanol–water partition coefficient (Wildman–Crippen LogP) is 6.64. The van der Waals surface area contributed by atoms with Crippen LogP contribution in [0.25, 0.3) is 0 Å². The molecule has 0 amide bonds. The molecule has 25 heavy (non-hydrogen) atoms. The zero-order valence-electron chi connectivity index (χ0n) is 13.5. The molecule has 126 valence electrons. The molecule has 0 bridgehead atoms. The van der Waals surface area contributed by atoms with Crippen molar-refractivity contribution in [1.29, 1.82) is 0 Å². The Balaban J connectivity index is 1.82. The van der Waals surface area contributed by atoms with Gasteiger partial charge in [0.2, 0.25) is 0 Å². The third-order valence-electron chi connectivity index (χ3n) is 3.94. The molecule has 0 heterocycles. The van der Waals surface area contributed by atoms with E-state index >= 15 is 0 Å². The van der Waals surface area contributed by atoms with Crippen LogP contribution >= 0.6 is 31.9 Å². The number of Topliss-reactive ketones (excluding diaryl/α,β-unsaturated/α-hetero) is 1. The number of hydrogen-bond donors (Lipinski definition) is 1. The first-order valence-corrected chi connectivity index (χ1v) is 9.56. The van der Waals surface area contributed by atoms with Gasteiger partial charge in [0.25, 0.3) is 0 Å². The molecule has 2 nitrogen and oxygen atoms in total. The molecule has 0 aromatic heterocycles. The van der Waals surface area contributed by atoms with E-state index in [0.717, 1.165) is 25.8 Å². The number of nitrogens with one attached hydrogen (secondary N) is 1. The summed E-state index contributed by atoms with van der Waals surface area (Å²) in [6.45, 7) is 0. The van der Waals surface area contributed by atoms with Gasteiger partial charge in [0, 0.05) is 26.6 Å². The van der Waals surface area contributed by atoms with E-state index in [0.29, 0.717) is 6.42 Å². The van der Waals surface area contributed by atoms with E-state index in [-0.39, 0.29) is 11.8 Å². The van der Waals surface area contributed by atoms with Gasteiger partial charge in [-0.3, -0.25) is 4.79 Å². The smallest absolute Gasteiger partial charge is 0.165 e. The van der Waals surface area contributed by atoms with Crippen molar-refractivity contribution in [3.05, 3.63) is 98.9 Å². The maximum atomic E-state index is 12.7. The van der Waals surface area contributed by atoms with Gasteiger partial charge in [0.15, 0.2) is 5.78 Å². The molecular weight excluding hydrogens is 442 g/mol. The van der Waals surface area contributed by atoms with Crippen molar-refractivity contribution in [2.24, 2.45) is 0 Å². The fraction of sp³-hybridized carbons (Fsp3) is 0.0952. The van der Waals surface area contributed by atoms with E-state index in [2.05, 4.69) is 37.2 Å². The maximum Gasteiger partial charge on any atom is 0.165 e. The second kappa shape index (κ2) is 8.45. The lowest BCUT2D eigenvalue weighted by atomic mass is 9.97. The predicted molar refractivity (Wildman–Crippen MR) is 110 cm³/mol. The number of hydrogen-bond acceptors (Lipinski definition) is 2. The molecule has 1 atom stereocenters. The normalized spacial score (nSPS) is 11.8. The number of halogens is 2. The monoisotopic (exact) mass is 457 g/mol. The zero-order valence-corrected chi connectivity index (χ0v) is 16.6. The standard InChI is InChI=1S/C21H17Br2NO/c22-17-8-6-16(7-9-17)21(25)14-20(15-4-2-1-3-5-15)24-19-12-10-18(23)11-13-19/h1-13,20,24H,14H2. The van der Waals surface area contributed by atoms with Crippen molar-refractivity contribution in [3.63, 3.8) is 0 Å². The lowest BCUT2D eigenvalue weighted by Gasteiger charge is -2.20. The summed E-state index contributed by atoms with van der Waals surface area (Å²) in [6, 6.07) is 25.5. The molecule has 0 radical (unpaired) electrons. The van der Waals surface area contributed by atoms with Crippen LogP contribution in [-0.2, 0) is 0 Å². The van der Waals surface area contributed by atoms with E-state index in [1.165, 1.54) is 0 Å². The van der Waals surface area contributed by atoms with E-state index in [1.54, 1.807) is 0 Å². The lowest BCUT2D eigenvalue weighted by Crippen LogP contribution is -2.15. The molecular formula is C21H17Br2NO. The molecule has 1 N–H and O–H groups in total. The van der Waals surface area contributed by atoms with Crippen molar-refractivity contribution in [3.8, 4) is 0 Å². The summed E-state index contributed by atoms with van der Waals surface area (Å²) in [5, 5.41) is 3.48. The largest absolute Gasteiger partial charge is 0.378 e. The van der Waals surface area contributed by atoms with Crippen LogP contribution in [0.3, 0.4) is 0 Å². The molecule has 0 saturated heterocycles. The lowest BCUT2D eigenvalue weighted by molar-refractivity contribution is 0.0976. The molecule has 0 fully saturated rings. The van der Waals surface area contributed by atoms with Crippen LogP contribution in [0.2, 0.25) is 0 Å². The van der Waals surface area contributed by atoms with Gasteiger partial charge in [0.1, 0.15) is 0 Å². The van der Waals surface area contributed by atoms with Gasteiger partial charge in [-0.1, -0.05) is 74.3 Å². The van der Waals surface area contributed by atoms with Gasteiger partial charge in [-0.25, -0.2) is 0 Å². The minimum Gasteiger partial charge on any atom is -0.378 e. The van der Waals surface area contributed by atoms with E-state index < -0.39 is 0 Å². The van der Waals surface area contributed by atoms with E-state index in [1.807, 2.05) is 78.9 Å². The fourth-order valence-electron chi connectivity index (χ4n) is 2.62. The van der Waals surface area contributed by atoms with Crippen molar-refractivity contribution in [2.45, 2.75) is 12.5 Å². The Morgan fingerprint density at radius 1 is 0.800 bits per heavy atom. The van der Waals surface area contributed by atoms with E-state index in [4.69, 9.17) is 0 Å². The van der Waals surface area contributed by atoms with Crippen molar-refractivity contribution in [2.75, 3.05) is 5.32 Å². The van der Waals surface area contributed by atoms with Gasteiger partial charge >= 0.3 is 0 Å². The highest BCUT2D eigenvalue weighted by Crippen LogP contribution is 2.26. The average molecular weight is 459 g/mol. The summed E-state index contributed by atoms with van der Waals surface area (Å²) < 4.78 is 2.00. The Hall–Kier alpha value is -1.91. The van der Waals surface area contributed by atoms with E-state index in [9.17, 15) is 4.79 Å². The molecule has 0 saturated carbocycles. The summed E-state index contributed by atoms with van der Waals surface area (Å²) in [7, 11) is 0. The summed E-state index contributed by atoms with van der Waals surface area (Å²) >= 11 is 6.85. The summed E-state index contributed by atoms with van der Waals surface area (Å²) in [5.41, 5.74) is 2.80. The number of ketones is 1. The maximum absolute atomic E-state index is 12.7. The molecule has 0 spiro atoms. The highest BCUT2D eigenvalue weighted by atomic mass is 79.9. The Morgan fingerprint density at radius 3 is 1.96 bits per heavy atom. The summed E-state index contributed by atoms with van der Waals surface area (Å²) in [5.74, 6) is 0.117. The first-order valence-electron chi connectivity index (χ1n) is 7.97. The van der Waals surface area contributed by atoms with Crippen LogP contribution in [-0.4, -0.2) is 5.78 Å². The average Bonchev–Trinajstić information content (AvgIpc) is 2.64. The van der Waals surface area contributed by atoms with Crippen LogP contribution in [0.15, 0.2) is 87.8 Å². The van der Waals surface area contributed by atoms with Gasteiger partial charge in [-0.2, -0.15) is 0 Å². The quantitative estimate of drug-likeness (QED) is 0.419. The van der Waals surface area contributed by atoms with Gasteiger partial charge in [-0.15, -0.1) is 0 Å². The Labute approximate surface area is 164 Å². The number of rotatable bonds is 6. The molecule has 0 aliphatic carbocycles. The molecule has 0 aliphatic heterocycles. The highest BCUT2D eigenvalue weighted by Gasteiger charge is 2.17. The summed E-state index contributed by atoms with van der Waals surface area (Å²) in [4.78, 5) is 12.7. The van der Waals surface area contributed by atoms with Crippen molar-refractivity contribution in [1.82, 2.24) is 0 Å². The van der Waals surface area contributed by atoms with Gasteiger partial charge in [-0.05, 0) is 42.0 Å². The van der Waals surface area contributed by atoms with Crippen LogP contribution < -0.4 is 5.32 Å². The third-order valence-corrected chi connectivity index (χ3v) is 5.00. The SMILES string of the molecule is O=C(CC(Nc1ccc(Br)cc1)c1ccccc1)c1ccc(Br)cc1. The number of carbonyl (C=O) groups is 1. The van der Waals surface area contributed by atoms with Crippen molar-refractivity contribution < 1.29 is 4.79 Å². The molecule has 0 aliphatic rings. The zero-order chi connectivity index (χ0) is 17.6. The van der Waals surface area contributed by atoms with Gasteiger partial charge < -0.3 is 5.32 Å². The van der Waals surface area contributed by atoms with Crippen LogP contribution in [0.5, 0.6) is 0 Å². The number of benzene rings is 3. The first kappa shape index (κ1) is 17.9. The summed E-state index contributed by atoms with van der Waals surface area (Å²) in [6.07, 6.45) is 0.391. The highest BCUT2D eigenvalue weighted by molar-refractivity contribution is 9.10. The molecule has 4 heteroatoms. The second-order valence-electron chi connectivity index (χ2n) is 5.75. The number of carbonyl (C=O) groups excluding carboxylic acids is 1. The molecule has 3 aromatic carbocycles. The molecule has 3 rings (SSSR count). The minimum absolute atomic E-state index is 0.0847.